The average molecular weight is 384 g/mol. The first-order valence-corrected chi connectivity index (χ1v) is 9.40. The van der Waals surface area contributed by atoms with Crippen molar-refractivity contribution >= 4 is 11.9 Å². The van der Waals surface area contributed by atoms with Gasteiger partial charge in [0.2, 0.25) is 0 Å². The van der Waals surface area contributed by atoms with Crippen molar-refractivity contribution in [3.63, 3.8) is 0 Å². The minimum absolute atomic E-state index is 0.0913. The van der Waals surface area contributed by atoms with Crippen molar-refractivity contribution in [3.05, 3.63) is 23.9 Å². The third-order valence-corrected chi connectivity index (χ3v) is 5.62. The van der Waals surface area contributed by atoms with E-state index in [-0.39, 0.29) is 24.5 Å². The Morgan fingerprint density at radius 3 is 2.67 bits per heavy atom. The molecule has 0 unspecified atom stereocenters. The van der Waals surface area contributed by atoms with Crippen molar-refractivity contribution in [1.29, 1.82) is 0 Å². The van der Waals surface area contributed by atoms with E-state index in [1.165, 1.54) is 31.5 Å². The SMILES string of the molecule is O=C1O[C@@H]2CN(c3ncccc3C(F)(F)F)C[C@@H]2N1CCN1CCCCC1. The molecule has 9 heteroatoms. The number of likely N-dealkylation sites (tertiary alicyclic amines) is 1. The highest BCUT2D eigenvalue weighted by Crippen LogP contribution is 2.38. The molecule has 0 aliphatic carbocycles. The number of amides is 1. The number of aromatic nitrogens is 1. The van der Waals surface area contributed by atoms with Gasteiger partial charge in [0.25, 0.3) is 0 Å². The fraction of sp³-hybridized carbons (Fsp3) is 0.667. The van der Waals surface area contributed by atoms with E-state index in [0.717, 1.165) is 25.7 Å². The molecule has 1 aromatic heterocycles. The lowest BCUT2D eigenvalue weighted by Crippen LogP contribution is -2.44. The van der Waals surface area contributed by atoms with E-state index in [9.17, 15) is 18.0 Å². The van der Waals surface area contributed by atoms with Crippen molar-refractivity contribution in [2.45, 2.75) is 37.6 Å². The minimum atomic E-state index is -4.47. The third-order valence-electron chi connectivity index (χ3n) is 5.62. The first-order chi connectivity index (χ1) is 12.9. The maximum atomic E-state index is 13.3. The Labute approximate surface area is 155 Å². The zero-order valence-electron chi connectivity index (χ0n) is 15.0. The molecule has 1 amide bonds. The lowest BCUT2D eigenvalue weighted by molar-refractivity contribution is -0.137. The molecule has 0 radical (unpaired) electrons. The Bertz CT molecular complexity index is 693. The van der Waals surface area contributed by atoms with Crippen LogP contribution >= 0.6 is 0 Å². The van der Waals surface area contributed by atoms with Crippen LogP contribution in [0.2, 0.25) is 0 Å². The van der Waals surface area contributed by atoms with Crippen molar-refractivity contribution in [2.24, 2.45) is 0 Å². The monoisotopic (exact) mass is 384 g/mol. The highest BCUT2D eigenvalue weighted by atomic mass is 19.4. The number of carbonyl (C=O) groups is 1. The Hall–Kier alpha value is -2.03. The summed E-state index contributed by atoms with van der Waals surface area (Å²) in [4.78, 5) is 21.7. The van der Waals surface area contributed by atoms with Gasteiger partial charge in [0.1, 0.15) is 11.9 Å². The number of alkyl halides is 3. The van der Waals surface area contributed by atoms with Gasteiger partial charge in [-0.05, 0) is 38.1 Å². The van der Waals surface area contributed by atoms with E-state index >= 15 is 0 Å². The van der Waals surface area contributed by atoms with Gasteiger partial charge in [-0.3, -0.25) is 4.90 Å². The molecule has 3 aliphatic heterocycles. The molecule has 0 saturated carbocycles. The van der Waals surface area contributed by atoms with E-state index in [0.29, 0.717) is 13.1 Å². The van der Waals surface area contributed by atoms with Gasteiger partial charge in [-0.1, -0.05) is 6.42 Å². The molecule has 2 atom stereocenters. The zero-order chi connectivity index (χ0) is 19.0. The van der Waals surface area contributed by atoms with E-state index in [1.54, 1.807) is 9.80 Å². The van der Waals surface area contributed by atoms with Gasteiger partial charge < -0.3 is 14.5 Å². The molecule has 3 saturated heterocycles. The Balaban J connectivity index is 1.44. The molecular weight excluding hydrogens is 361 g/mol. The first kappa shape index (κ1) is 18.3. The highest BCUT2D eigenvalue weighted by molar-refractivity contribution is 5.72. The van der Waals surface area contributed by atoms with Gasteiger partial charge in [0, 0.05) is 25.8 Å². The number of halogens is 3. The third kappa shape index (κ3) is 3.69. The maximum absolute atomic E-state index is 13.3. The van der Waals surface area contributed by atoms with Gasteiger partial charge in [0.05, 0.1) is 18.2 Å². The molecule has 6 nitrogen and oxygen atoms in total. The number of ether oxygens (including phenoxy) is 1. The molecular formula is C18H23F3N4O2. The predicted molar refractivity (Wildman–Crippen MR) is 92.5 cm³/mol. The summed E-state index contributed by atoms with van der Waals surface area (Å²) in [5.74, 6) is -0.0913. The molecule has 4 heterocycles. The number of rotatable bonds is 4. The second kappa shape index (κ2) is 7.18. The molecule has 4 rings (SSSR count). The van der Waals surface area contributed by atoms with Crippen LogP contribution in [0.3, 0.4) is 0 Å². The standard InChI is InChI=1S/C18H23F3N4O2/c19-18(20,21)13-5-4-6-22-16(13)24-11-14-15(12-24)27-17(26)25(14)10-9-23-7-2-1-3-8-23/h4-6,14-15H,1-3,7-12H2/t14-,15+/m0/s1. The average Bonchev–Trinajstić information content (AvgIpc) is 3.17. The molecule has 148 valence electrons. The van der Waals surface area contributed by atoms with Crippen LogP contribution in [0.1, 0.15) is 24.8 Å². The number of hydrogen-bond acceptors (Lipinski definition) is 5. The Kier molecular flexibility index (Phi) is 4.88. The van der Waals surface area contributed by atoms with Crippen LogP contribution in [-0.4, -0.2) is 72.3 Å². The van der Waals surface area contributed by atoms with Crippen LogP contribution < -0.4 is 4.90 Å². The smallest absolute Gasteiger partial charge is 0.419 e. The van der Waals surface area contributed by atoms with E-state index in [4.69, 9.17) is 4.74 Å². The molecule has 3 aliphatic rings. The van der Waals surface area contributed by atoms with Gasteiger partial charge in [-0.15, -0.1) is 0 Å². The molecule has 0 aromatic carbocycles. The molecule has 0 spiro atoms. The van der Waals surface area contributed by atoms with Gasteiger partial charge in [0.15, 0.2) is 0 Å². The second-order valence-corrected chi connectivity index (χ2v) is 7.36. The lowest BCUT2D eigenvalue weighted by atomic mass is 10.1. The topological polar surface area (TPSA) is 48.9 Å². The fourth-order valence-electron chi connectivity index (χ4n) is 4.24. The number of hydrogen-bond donors (Lipinski definition) is 0. The Morgan fingerprint density at radius 1 is 1.15 bits per heavy atom. The molecule has 27 heavy (non-hydrogen) atoms. The molecule has 1 aromatic rings. The van der Waals surface area contributed by atoms with Crippen LogP contribution in [0.4, 0.5) is 23.8 Å². The Morgan fingerprint density at radius 2 is 1.93 bits per heavy atom. The molecule has 3 fully saturated rings. The van der Waals surface area contributed by atoms with Crippen LogP contribution in [-0.2, 0) is 10.9 Å². The summed E-state index contributed by atoms with van der Waals surface area (Å²) in [7, 11) is 0. The maximum Gasteiger partial charge on any atom is 0.419 e. The first-order valence-electron chi connectivity index (χ1n) is 9.40. The number of nitrogens with zero attached hydrogens (tertiary/aromatic N) is 4. The summed E-state index contributed by atoms with van der Waals surface area (Å²) < 4.78 is 45.3. The van der Waals surface area contributed by atoms with Crippen molar-refractivity contribution < 1.29 is 22.7 Å². The van der Waals surface area contributed by atoms with Gasteiger partial charge >= 0.3 is 12.3 Å². The normalized spacial score (nSPS) is 26.4. The van der Waals surface area contributed by atoms with Crippen LogP contribution in [0.15, 0.2) is 18.3 Å². The molecule has 0 N–H and O–H groups in total. The predicted octanol–water partition coefficient (Wildman–Crippen LogP) is 2.60. The van der Waals surface area contributed by atoms with Crippen LogP contribution in [0, 0.1) is 0 Å². The van der Waals surface area contributed by atoms with Crippen molar-refractivity contribution in [1.82, 2.24) is 14.8 Å². The van der Waals surface area contributed by atoms with Crippen LogP contribution in [0.5, 0.6) is 0 Å². The fourth-order valence-corrected chi connectivity index (χ4v) is 4.24. The largest absolute Gasteiger partial charge is 0.442 e. The van der Waals surface area contributed by atoms with Crippen LogP contribution in [0.25, 0.3) is 0 Å². The van der Waals surface area contributed by atoms with Gasteiger partial charge in [-0.25, -0.2) is 9.78 Å². The van der Waals surface area contributed by atoms with E-state index in [1.807, 2.05) is 0 Å². The summed E-state index contributed by atoms with van der Waals surface area (Å²) in [5, 5.41) is 0. The summed E-state index contributed by atoms with van der Waals surface area (Å²) in [6, 6.07) is 2.09. The second-order valence-electron chi connectivity index (χ2n) is 7.36. The summed E-state index contributed by atoms with van der Waals surface area (Å²) in [6.45, 7) is 3.92. The number of pyridine rings is 1. The van der Waals surface area contributed by atoms with Crippen molar-refractivity contribution in [3.8, 4) is 0 Å². The number of piperidine rings is 1. The number of carbonyl (C=O) groups excluding carboxylic acids is 1. The minimum Gasteiger partial charge on any atom is -0.442 e. The summed E-state index contributed by atoms with van der Waals surface area (Å²) >= 11 is 0. The molecule has 0 bridgehead atoms. The summed E-state index contributed by atoms with van der Waals surface area (Å²) in [6.07, 6.45) is -0.298. The number of fused-ring (bicyclic) bond motifs is 1. The van der Waals surface area contributed by atoms with Gasteiger partial charge in [-0.2, -0.15) is 13.2 Å². The quantitative estimate of drug-likeness (QED) is 0.799. The zero-order valence-corrected chi connectivity index (χ0v) is 15.0. The van der Waals surface area contributed by atoms with E-state index < -0.39 is 17.8 Å². The van der Waals surface area contributed by atoms with E-state index in [2.05, 4.69) is 9.88 Å². The lowest BCUT2D eigenvalue weighted by Gasteiger charge is -2.29. The number of anilines is 1. The highest BCUT2D eigenvalue weighted by Gasteiger charge is 2.49. The van der Waals surface area contributed by atoms with Crippen molar-refractivity contribution in [2.75, 3.05) is 44.2 Å². The summed E-state index contributed by atoms with van der Waals surface area (Å²) in [5.41, 5.74) is -0.754.